The Bertz CT molecular complexity index is 460. The molecule has 0 saturated carbocycles. The first-order chi connectivity index (χ1) is 8.67. The molecule has 0 fully saturated rings. The van der Waals surface area contributed by atoms with Gasteiger partial charge in [-0.25, -0.2) is 4.79 Å². The number of nitrogens with zero attached hydrogens (tertiary/aromatic N) is 1. The standard InChI is InChI=1S/C14H14BrNO2/c1-2-18-14(17)5-3-4-13(15)12-8-6-11(10-16)7-9-12/h3,5-9,13H,2,4H2,1H3. The highest BCUT2D eigenvalue weighted by molar-refractivity contribution is 9.09. The summed E-state index contributed by atoms with van der Waals surface area (Å²) in [6, 6.07) is 9.43. The van der Waals surface area contributed by atoms with Crippen molar-refractivity contribution >= 4 is 21.9 Å². The van der Waals surface area contributed by atoms with Crippen molar-refractivity contribution in [1.29, 1.82) is 5.26 Å². The molecule has 1 aromatic carbocycles. The molecule has 18 heavy (non-hydrogen) atoms. The minimum atomic E-state index is -0.322. The van der Waals surface area contributed by atoms with Gasteiger partial charge in [-0.2, -0.15) is 5.26 Å². The molecule has 0 bridgehead atoms. The zero-order chi connectivity index (χ0) is 13.4. The van der Waals surface area contributed by atoms with Crippen LogP contribution in [-0.4, -0.2) is 12.6 Å². The van der Waals surface area contributed by atoms with Gasteiger partial charge in [0.25, 0.3) is 0 Å². The summed E-state index contributed by atoms with van der Waals surface area (Å²) in [7, 11) is 0. The van der Waals surface area contributed by atoms with E-state index < -0.39 is 0 Å². The summed E-state index contributed by atoms with van der Waals surface area (Å²) in [5.41, 5.74) is 1.71. The highest BCUT2D eigenvalue weighted by atomic mass is 79.9. The van der Waals surface area contributed by atoms with Crippen LogP contribution in [0.5, 0.6) is 0 Å². The molecule has 0 aliphatic heterocycles. The monoisotopic (exact) mass is 307 g/mol. The summed E-state index contributed by atoms with van der Waals surface area (Å²) in [6.45, 7) is 2.16. The quantitative estimate of drug-likeness (QED) is 0.475. The molecule has 0 amide bonds. The predicted octanol–water partition coefficient (Wildman–Crippen LogP) is 3.50. The van der Waals surface area contributed by atoms with Crippen LogP contribution in [0.25, 0.3) is 0 Å². The molecule has 1 atom stereocenters. The number of rotatable bonds is 5. The first-order valence-electron chi connectivity index (χ1n) is 5.64. The second kappa shape index (κ2) is 7.67. The summed E-state index contributed by atoms with van der Waals surface area (Å²) in [5.74, 6) is -0.322. The van der Waals surface area contributed by atoms with Gasteiger partial charge in [-0.1, -0.05) is 34.1 Å². The van der Waals surface area contributed by atoms with Gasteiger partial charge in [-0.15, -0.1) is 0 Å². The van der Waals surface area contributed by atoms with Crippen molar-refractivity contribution in [3.8, 4) is 6.07 Å². The summed E-state index contributed by atoms with van der Waals surface area (Å²) in [5, 5.41) is 8.70. The normalized spacial score (nSPS) is 12.1. The van der Waals surface area contributed by atoms with E-state index in [4.69, 9.17) is 10.00 Å². The summed E-state index contributed by atoms with van der Waals surface area (Å²) in [6.07, 6.45) is 3.89. The van der Waals surface area contributed by atoms with Crippen LogP contribution in [0.1, 0.15) is 29.3 Å². The molecule has 94 valence electrons. The molecule has 0 N–H and O–H groups in total. The van der Waals surface area contributed by atoms with Gasteiger partial charge in [-0.05, 0) is 31.0 Å². The molecule has 1 unspecified atom stereocenters. The number of halogens is 1. The van der Waals surface area contributed by atoms with Crippen molar-refractivity contribution in [2.24, 2.45) is 0 Å². The average Bonchev–Trinajstić information content (AvgIpc) is 2.39. The van der Waals surface area contributed by atoms with Crippen LogP contribution in [0.2, 0.25) is 0 Å². The number of benzene rings is 1. The number of ether oxygens (including phenoxy) is 1. The topological polar surface area (TPSA) is 50.1 Å². The molecule has 1 rings (SSSR count). The Morgan fingerprint density at radius 2 is 2.17 bits per heavy atom. The molecule has 3 nitrogen and oxygen atoms in total. The van der Waals surface area contributed by atoms with E-state index in [2.05, 4.69) is 22.0 Å². The maximum atomic E-state index is 11.1. The second-order valence-corrected chi connectivity index (χ2v) is 4.70. The van der Waals surface area contributed by atoms with E-state index in [1.165, 1.54) is 6.08 Å². The number of carbonyl (C=O) groups is 1. The highest BCUT2D eigenvalue weighted by Crippen LogP contribution is 2.26. The third kappa shape index (κ3) is 4.72. The summed E-state index contributed by atoms with van der Waals surface area (Å²) >= 11 is 3.54. The van der Waals surface area contributed by atoms with E-state index in [-0.39, 0.29) is 10.8 Å². The van der Waals surface area contributed by atoms with Gasteiger partial charge < -0.3 is 4.74 Å². The van der Waals surface area contributed by atoms with Gasteiger partial charge in [0.2, 0.25) is 0 Å². The molecule has 1 aromatic rings. The van der Waals surface area contributed by atoms with Crippen LogP contribution in [-0.2, 0) is 9.53 Å². The van der Waals surface area contributed by atoms with E-state index >= 15 is 0 Å². The van der Waals surface area contributed by atoms with Crippen molar-refractivity contribution in [1.82, 2.24) is 0 Å². The lowest BCUT2D eigenvalue weighted by atomic mass is 10.1. The lowest BCUT2D eigenvalue weighted by molar-refractivity contribution is -0.137. The Labute approximate surface area is 115 Å². The first kappa shape index (κ1) is 14.5. The van der Waals surface area contributed by atoms with Gasteiger partial charge >= 0.3 is 5.97 Å². The van der Waals surface area contributed by atoms with Gasteiger partial charge in [0, 0.05) is 10.9 Å². The Balaban J connectivity index is 2.52. The van der Waals surface area contributed by atoms with Gasteiger partial charge in [0.15, 0.2) is 0 Å². The number of hydrogen-bond acceptors (Lipinski definition) is 3. The summed E-state index contributed by atoms with van der Waals surface area (Å²) < 4.78 is 4.78. The maximum absolute atomic E-state index is 11.1. The summed E-state index contributed by atoms with van der Waals surface area (Å²) in [4.78, 5) is 11.2. The molecule has 4 heteroatoms. The van der Waals surface area contributed by atoms with Crippen LogP contribution in [0.4, 0.5) is 0 Å². The van der Waals surface area contributed by atoms with Crippen LogP contribution in [0.3, 0.4) is 0 Å². The lowest BCUT2D eigenvalue weighted by Gasteiger charge is -2.07. The number of alkyl halides is 1. The molecular weight excluding hydrogens is 294 g/mol. The highest BCUT2D eigenvalue weighted by Gasteiger charge is 2.05. The third-order valence-corrected chi connectivity index (χ3v) is 3.19. The van der Waals surface area contributed by atoms with E-state index in [1.807, 2.05) is 12.1 Å². The maximum Gasteiger partial charge on any atom is 0.330 e. The SMILES string of the molecule is CCOC(=O)C=CCC(Br)c1ccc(C#N)cc1. The number of nitriles is 1. The fraction of sp³-hybridized carbons (Fsp3) is 0.286. The van der Waals surface area contributed by atoms with Crippen molar-refractivity contribution in [3.05, 3.63) is 47.5 Å². The predicted molar refractivity (Wildman–Crippen MR) is 73.2 cm³/mol. The second-order valence-electron chi connectivity index (χ2n) is 3.59. The molecular formula is C14H14BrNO2. The number of allylic oxidation sites excluding steroid dienone is 1. The van der Waals surface area contributed by atoms with Crippen LogP contribution in [0.15, 0.2) is 36.4 Å². The lowest BCUT2D eigenvalue weighted by Crippen LogP contribution is -1.99. The van der Waals surface area contributed by atoms with Crippen molar-refractivity contribution in [3.63, 3.8) is 0 Å². The van der Waals surface area contributed by atoms with Gasteiger partial charge in [0.1, 0.15) is 0 Å². The van der Waals surface area contributed by atoms with Crippen LogP contribution >= 0.6 is 15.9 Å². The van der Waals surface area contributed by atoms with Gasteiger partial charge in [0.05, 0.1) is 18.2 Å². The molecule has 0 radical (unpaired) electrons. The molecule has 0 aliphatic carbocycles. The molecule has 0 aliphatic rings. The average molecular weight is 308 g/mol. The fourth-order valence-electron chi connectivity index (χ4n) is 1.38. The third-order valence-electron chi connectivity index (χ3n) is 2.29. The Kier molecular flexibility index (Phi) is 6.16. The number of esters is 1. The Morgan fingerprint density at radius 1 is 1.50 bits per heavy atom. The van der Waals surface area contributed by atoms with Crippen LogP contribution < -0.4 is 0 Å². The minimum absolute atomic E-state index is 0.121. The molecule has 0 spiro atoms. The van der Waals surface area contributed by atoms with E-state index in [9.17, 15) is 4.79 Å². The fourth-order valence-corrected chi connectivity index (χ4v) is 1.90. The zero-order valence-corrected chi connectivity index (χ0v) is 11.7. The minimum Gasteiger partial charge on any atom is -0.463 e. The van der Waals surface area contributed by atoms with E-state index in [0.29, 0.717) is 18.6 Å². The molecule has 0 aromatic heterocycles. The van der Waals surface area contributed by atoms with Crippen molar-refractivity contribution in [2.45, 2.75) is 18.2 Å². The van der Waals surface area contributed by atoms with E-state index in [0.717, 1.165) is 5.56 Å². The number of carbonyl (C=O) groups excluding carboxylic acids is 1. The number of hydrogen-bond donors (Lipinski definition) is 0. The van der Waals surface area contributed by atoms with Crippen LogP contribution in [0, 0.1) is 11.3 Å². The molecule has 0 heterocycles. The van der Waals surface area contributed by atoms with Gasteiger partial charge in [-0.3, -0.25) is 0 Å². The smallest absolute Gasteiger partial charge is 0.330 e. The first-order valence-corrected chi connectivity index (χ1v) is 6.56. The molecule has 0 saturated heterocycles. The largest absolute Gasteiger partial charge is 0.463 e. The Morgan fingerprint density at radius 3 is 2.72 bits per heavy atom. The Hall–Kier alpha value is -1.60. The zero-order valence-electron chi connectivity index (χ0n) is 10.1. The van der Waals surface area contributed by atoms with Crippen molar-refractivity contribution in [2.75, 3.05) is 6.61 Å². The van der Waals surface area contributed by atoms with Crippen molar-refractivity contribution < 1.29 is 9.53 Å². The van der Waals surface area contributed by atoms with E-state index in [1.54, 1.807) is 25.1 Å².